The molecular formula is C37H30FN7O5. The number of fused-ring (bicyclic) bond motifs is 1. The van der Waals surface area contributed by atoms with Gasteiger partial charge < -0.3 is 19.8 Å². The monoisotopic (exact) mass is 671 g/mol. The van der Waals surface area contributed by atoms with Crippen molar-refractivity contribution in [3.8, 4) is 28.6 Å². The quantitative estimate of drug-likeness (QED) is 0.191. The normalized spacial score (nSPS) is 14.0. The minimum Gasteiger partial charge on any atom is -0.438 e. The van der Waals surface area contributed by atoms with E-state index in [0.717, 1.165) is 16.8 Å². The van der Waals surface area contributed by atoms with Crippen LogP contribution in [0.1, 0.15) is 40.9 Å². The number of nitrogens with zero attached hydrogens (tertiary/aromatic N) is 5. The summed E-state index contributed by atoms with van der Waals surface area (Å²) in [5, 5.41) is 10.7. The van der Waals surface area contributed by atoms with Crippen LogP contribution >= 0.6 is 0 Å². The standard InChI is InChI=1S/C37H30FN7O5/c1-21-30(19-44(3)43-21)33-31(23-6-4-7-26(18-23)41-22(2)46)32-35(39-20-40-36(32)50-33)49-28-15-11-25(12-16-28)42-34(47)29-8-5-17-45(37(29)48)27-13-9-24(38)10-14-27/h4-5,7-20,23H,6H2,1-3H3,(H,41,46)(H,42,47). The highest BCUT2D eigenvalue weighted by molar-refractivity contribution is 6.04. The zero-order valence-corrected chi connectivity index (χ0v) is 27.2. The molecule has 4 heterocycles. The number of benzene rings is 2. The summed E-state index contributed by atoms with van der Waals surface area (Å²) in [7, 11) is 1.83. The Kier molecular flexibility index (Phi) is 8.38. The Labute approximate surface area is 284 Å². The van der Waals surface area contributed by atoms with Crippen molar-refractivity contribution in [2.45, 2.75) is 26.2 Å². The third-order valence-electron chi connectivity index (χ3n) is 8.13. The maximum Gasteiger partial charge on any atom is 0.267 e. The van der Waals surface area contributed by atoms with Crippen LogP contribution in [0.25, 0.3) is 28.1 Å². The van der Waals surface area contributed by atoms with Crippen LogP contribution in [-0.2, 0) is 11.8 Å². The highest BCUT2D eigenvalue weighted by Crippen LogP contribution is 2.45. The number of hydrogen-bond acceptors (Lipinski definition) is 8. The molecule has 0 bridgehead atoms. The lowest BCUT2D eigenvalue weighted by molar-refractivity contribution is -0.118. The molecule has 250 valence electrons. The number of aryl methyl sites for hydroxylation is 2. The number of halogens is 1. The Morgan fingerprint density at radius 2 is 1.82 bits per heavy atom. The minimum atomic E-state index is -0.605. The number of aromatic nitrogens is 5. The zero-order valence-electron chi connectivity index (χ0n) is 27.2. The number of carbonyl (C=O) groups is 2. The topological polar surface area (TPSA) is 146 Å². The average Bonchev–Trinajstić information content (AvgIpc) is 3.65. The first kappa shape index (κ1) is 31.9. The maximum atomic E-state index is 13.4. The summed E-state index contributed by atoms with van der Waals surface area (Å²) in [4.78, 5) is 47.0. The third-order valence-corrected chi connectivity index (χ3v) is 8.13. The summed E-state index contributed by atoms with van der Waals surface area (Å²) in [6.45, 7) is 3.36. The molecule has 1 unspecified atom stereocenters. The number of hydrogen-bond donors (Lipinski definition) is 2. The van der Waals surface area contributed by atoms with Crippen molar-refractivity contribution in [3.05, 3.63) is 136 Å². The second-order valence-electron chi connectivity index (χ2n) is 11.7. The first-order chi connectivity index (χ1) is 24.1. The maximum absolute atomic E-state index is 13.4. The van der Waals surface area contributed by atoms with E-state index in [2.05, 4.69) is 25.7 Å². The first-order valence-electron chi connectivity index (χ1n) is 15.7. The molecule has 0 saturated carbocycles. The van der Waals surface area contributed by atoms with Crippen molar-refractivity contribution >= 4 is 28.6 Å². The Bertz CT molecular complexity index is 2390. The Hall–Kier alpha value is -6.63. The molecule has 4 aromatic heterocycles. The summed E-state index contributed by atoms with van der Waals surface area (Å²) >= 11 is 0. The van der Waals surface area contributed by atoms with Crippen LogP contribution in [0.2, 0.25) is 0 Å². The van der Waals surface area contributed by atoms with Crippen LogP contribution in [0.3, 0.4) is 0 Å². The molecule has 0 spiro atoms. The van der Waals surface area contributed by atoms with Gasteiger partial charge in [-0.25, -0.2) is 14.4 Å². The van der Waals surface area contributed by atoms with Gasteiger partial charge in [0.05, 0.1) is 11.3 Å². The number of nitrogens with one attached hydrogen (secondary N) is 2. The lowest BCUT2D eigenvalue weighted by Crippen LogP contribution is -2.27. The lowest BCUT2D eigenvalue weighted by atomic mass is 9.88. The fourth-order valence-corrected chi connectivity index (χ4v) is 5.94. The molecule has 1 aliphatic rings. The van der Waals surface area contributed by atoms with Gasteiger partial charge in [-0.2, -0.15) is 5.10 Å². The van der Waals surface area contributed by atoms with Gasteiger partial charge in [0.25, 0.3) is 11.5 Å². The molecule has 6 aromatic rings. The van der Waals surface area contributed by atoms with Crippen molar-refractivity contribution < 1.29 is 23.1 Å². The van der Waals surface area contributed by atoms with Gasteiger partial charge in [-0.3, -0.25) is 23.6 Å². The highest BCUT2D eigenvalue weighted by Gasteiger charge is 2.29. The molecule has 1 aliphatic carbocycles. The molecule has 0 radical (unpaired) electrons. The zero-order chi connectivity index (χ0) is 34.9. The molecule has 0 saturated heterocycles. The number of amides is 2. The van der Waals surface area contributed by atoms with E-state index in [9.17, 15) is 18.8 Å². The largest absolute Gasteiger partial charge is 0.438 e. The van der Waals surface area contributed by atoms with Crippen LogP contribution in [-0.4, -0.2) is 36.1 Å². The molecule has 12 nitrogen and oxygen atoms in total. The van der Waals surface area contributed by atoms with E-state index in [1.165, 1.54) is 54.3 Å². The molecule has 50 heavy (non-hydrogen) atoms. The fourth-order valence-electron chi connectivity index (χ4n) is 5.94. The van der Waals surface area contributed by atoms with E-state index in [1.807, 2.05) is 38.4 Å². The number of allylic oxidation sites excluding steroid dienone is 3. The van der Waals surface area contributed by atoms with Crippen molar-refractivity contribution in [3.63, 3.8) is 0 Å². The summed E-state index contributed by atoms with van der Waals surface area (Å²) in [6, 6.07) is 15.0. The Morgan fingerprint density at radius 1 is 1.04 bits per heavy atom. The van der Waals surface area contributed by atoms with Crippen LogP contribution in [0, 0.1) is 12.7 Å². The Balaban J connectivity index is 1.19. The fraction of sp³-hybridized carbons (Fsp3) is 0.135. The molecule has 0 aliphatic heterocycles. The number of rotatable bonds is 8. The second-order valence-corrected chi connectivity index (χ2v) is 11.7. The summed E-state index contributed by atoms with van der Waals surface area (Å²) in [5.41, 5.74) is 3.56. The summed E-state index contributed by atoms with van der Waals surface area (Å²) in [5.74, 6) is -0.176. The summed E-state index contributed by atoms with van der Waals surface area (Å²) < 4.78 is 29.1. The molecular weight excluding hydrogens is 641 g/mol. The smallest absolute Gasteiger partial charge is 0.267 e. The van der Waals surface area contributed by atoms with Gasteiger partial charge in [0, 0.05) is 54.9 Å². The predicted octanol–water partition coefficient (Wildman–Crippen LogP) is 6.33. The van der Waals surface area contributed by atoms with Gasteiger partial charge in [-0.05, 0) is 80.1 Å². The summed E-state index contributed by atoms with van der Waals surface area (Å²) in [6.07, 6.45) is 11.2. The molecule has 13 heteroatoms. The first-order valence-corrected chi connectivity index (χ1v) is 15.7. The van der Waals surface area contributed by atoms with Crippen LogP contribution in [0.5, 0.6) is 11.6 Å². The molecule has 1 atom stereocenters. The average molecular weight is 672 g/mol. The van der Waals surface area contributed by atoms with E-state index < -0.39 is 17.3 Å². The Morgan fingerprint density at radius 3 is 2.54 bits per heavy atom. The highest BCUT2D eigenvalue weighted by atomic mass is 19.1. The van der Waals surface area contributed by atoms with E-state index in [0.29, 0.717) is 46.1 Å². The van der Waals surface area contributed by atoms with Crippen LogP contribution in [0.15, 0.2) is 113 Å². The number of anilines is 1. The molecule has 2 aromatic carbocycles. The van der Waals surface area contributed by atoms with Crippen molar-refractivity contribution in [2.75, 3.05) is 5.32 Å². The van der Waals surface area contributed by atoms with Crippen LogP contribution in [0.4, 0.5) is 10.1 Å². The van der Waals surface area contributed by atoms with Crippen molar-refractivity contribution in [1.82, 2.24) is 29.6 Å². The van der Waals surface area contributed by atoms with Crippen molar-refractivity contribution in [1.29, 1.82) is 0 Å². The van der Waals surface area contributed by atoms with E-state index in [4.69, 9.17) is 9.15 Å². The minimum absolute atomic E-state index is 0.0825. The molecule has 7 rings (SSSR count). The molecule has 2 N–H and O–H groups in total. The van der Waals surface area contributed by atoms with Crippen LogP contribution < -0.4 is 20.9 Å². The van der Waals surface area contributed by atoms with E-state index in [-0.39, 0.29) is 23.3 Å². The SMILES string of the molecule is CC(=O)NC1=CC(c2c(-c3cn(C)nc3C)oc3ncnc(Oc4ccc(NC(=O)c5cccn(-c6ccc(F)cc6)c5=O)cc4)c23)CC=C1. The second kappa shape index (κ2) is 13.1. The lowest BCUT2D eigenvalue weighted by Gasteiger charge is -2.18. The number of ether oxygens (including phenoxy) is 1. The van der Waals surface area contributed by atoms with Crippen molar-refractivity contribution in [2.24, 2.45) is 7.05 Å². The van der Waals surface area contributed by atoms with Gasteiger partial charge >= 0.3 is 0 Å². The molecule has 2 amide bonds. The van der Waals surface area contributed by atoms with Gasteiger partial charge in [0.15, 0.2) is 0 Å². The number of carbonyl (C=O) groups excluding carboxylic acids is 2. The van der Waals surface area contributed by atoms with E-state index in [1.54, 1.807) is 35.0 Å². The molecule has 0 fully saturated rings. The van der Waals surface area contributed by atoms with Gasteiger partial charge in [0.2, 0.25) is 17.5 Å². The number of pyridine rings is 1. The number of furan rings is 1. The van der Waals surface area contributed by atoms with Gasteiger partial charge in [-0.1, -0.05) is 12.2 Å². The van der Waals surface area contributed by atoms with Gasteiger partial charge in [-0.15, -0.1) is 0 Å². The van der Waals surface area contributed by atoms with Gasteiger partial charge in [0.1, 0.15) is 34.6 Å². The van der Waals surface area contributed by atoms with E-state index >= 15 is 0 Å². The third kappa shape index (κ3) is 6.31. The predicted molar refractivity (Wildman–Crippen MR) is 184 cm³/mol.